The summed E-state index contributed by atoms with van der Waals surface area (Å²) < 4.78 is 11.0. The summed E-state index contributed by atoms with van der Waals surface area (Å²) in [5, 5.41) is 1.36. The van der Waals surface area contributed by atoms with E-state index < -0.39 is 0 Å². The van der Waals surface area contributed by atoms with E-state index in [-0.39, 0.29) is 0 Å². The number of rotatable bonds is 5. The molecule has 0 unspecified atom stereocenters. The van der Waals surface area contributed by atoms with Crippen LogP contribution in [0.25, 0.3) is 22.2 Å². The number of hydrogen-bond acceptors (Lipinski definition) is 3. The van der Waals surface area contributed by atoms with Crippen LogP contribution >= 0.6 is 23.2 Å². The highest BCUT2D eigenvalue weighted by atomic mass is 35.5. The molecule has 0 atom stereocenters. The van der Waals surface area contributed by atoms with Crippen LogP contribution in [0.5, 0.6) is 11.5 Å². The molecule has 0 N–H and O–H groups in total. The van der Waals surface area contributed by atoms with Gasteiger partial charge >= 0.3 is 0 Å². The van der Waals surface area contributed by atoms with Crippen LogP contribution in [0.2, 0.25) is 5.02 Å². The zero-order chi connectivity index (χ0) is 16.2. The summed E-state index contributed by atoms with van der Waals surface area (Å²) in [6, 6.07) is 15.3. The Bertz CT molecular complexity index is 819. The molecule has 1 heterocycles. The molecule has 1 aromatic heterocycles. The minimum Gasteiger partial charge on any atom is -0.497 e. The van der Waals surface area contributed by atoms with Gasteiger partial charge in [0.25, 0.3) is 0 Å². The molecule has 0 fully saturated rings. The zero-order valence-corrected chi connectivity index (χ0v) is 14.1. The smallest absolute Gasteiger partial charge is 0.149 e. The Morgan fingerprint density at radius 2 is 1.78 bits per heavy atom. The Balaban J connectivity index is 2.17. The minimum atomic E-state index is 0.386. The lowest BCUT2D eigenvalue weighted by Gasteiger charge is -2.14. The van der Waals surface area contributed by atoms with Gasteiger partial charge in [0, 0.05) is 10.9 Å². The summed E-state index contributed by atoms with van der Waals surface area (Å²) in [4.78, 5) is 4.68. The fourth-order valence-electron chi connectivity index (χ4n) is 2.38. The van der Waals surface area contributed by atoms with E-state index in [2.05, 4.69) is 4.98 Å². The van der Waals surface area contributed by atoms with Gasteiger partial charge in [0.05, 0.1) is 24.2 Å². The molecule has 0 radical (unpaired) electrons. The van der Waals surface area contributed by atoms with Gasteiger partial charge in [-0.15, -0.1) is 11.6 Å². The lowest BCUT2D eigenvalue weighted by Crippen LogP contribution is -2.01. The Labute approximate surface area is 144 Å². The van der Waals surface area contributed by atoms with Crippen molar-refractivity contribution in [1.29, 1.82) is 0 Å². The highest BCUT2D eigenvalue weighted by Crippen LogP contribution is 2.39. The van der Waals surface area contributed by atoms with Crippen molar-refractivity contribution in [2.75, 3.05) is 19.6 Å². The number of ether oxygens (including phenoxy) is 2. The molecular formula is C18H15Cl2NO2. The molecular weight excluding hydrogens is 333 g/mol. The molecule has 2 aromatic carbocycles. The first-order valence-electron chi connectivity index (χ1n) is 7.16. The van der Waals surface area contributed by atoms with Crippen molar-refractivity contribution in [1.82, 2.24) is 4.98 Å². The topological polar surface area (TPSA) is 31.4 Å². The normalized spacial score (nSPS) is 10.7. The molecule has 23 heavy (non-hydrogen) atoms. The second-order valence-corrected chi connectivity index (χ2v) is 5.64. The molecule has 0 spiro atoms. The van der Waals surface area contributed by atoms with Gasteiger partial charge < -0.3 is 9.47 Å². The Morgan fingerprint density at radius 3 is 2.48 bits per heavy atom. The van der Waals surface area contributed by atoms with Gasteiger partial charge in [-0.1, -0.05) is 23.7 Å². The molecule has 5 heteroatoms. The third-order valence-electron chi connectivity index (χ3n) is 3.48. The van der Waals surface area contributed by atoms with Crippen LogP contribution in [0.4, 0.5) is 0 Å². The second-order valence-electron chi connectivity index (χ2n) is 4.89. The van der Waals surface area contributed by atoms with E-state index >= 15 is 0 Å². The summed E-state index contributed by atoms with van der Waals surface area (Å²) in [6.07, 6.45) is 0. The van der Waals surface area contributed by atoms with Crippen molar-refractivity contribution in [3.63, 3.8) is 0 Å². The van der Waals surface area contributed by atoms with Gasteiger partial charge in [-0.25, -0.2) is 4.98 Å². The van der Waals surface area contributed by atoms with Crippen LogP contribution in [-0.2, 0) is 0 Å². The number of fused-ring (bicyclic) bond motifs is 1. The first-order chi connectivity index (χ1) is 11.2. The van der Waals surface area contributed by atoms with Crippen LogP contribution in [0, 0.1) is 0 Å². The van der Waals surface area contributed by atoms with Crippen LogP contribution in [0.3, 0.4) is 0 Å². The van der Waals surface area contributed by atoms with Crippen LogP contribution in [-0.4, -0.2) is 24.6 Å². The molecule has 3 rings (SSSR count). The third-order valence-corrected chi connectivity index (χ3v) is 3.98. The molecule has 0 aliphatic rings. The van der Waals surface area contributed by atoms with Gasteiger partial charge in [0.1, 0.15) is 23.1 Å². The average Bonchev–Trinajstić information content (AvgIpc) is 2.61. The number of halogens is 2. The number of para-hydroxylation sites is 1. The Morgan fingerprint density at radius 1 is 1.04 bits per heavy atom. The maximum absolute atomic E-state index is 6.57. The summed E-state index contributed by atoms with van der Waals surface area (Å²) in [6.45, 7) is 0.386. The van der Waals surface area contributed by atoms with E-state index in [9.17, 15) is 0 Å². The first-order valence-corrected chi connectivity index (χ1v) is 8.07. The number of methoxy groups -OCH3 is 1. The monoisotopic (exact) mass is 347 g/mol. The Hall–Kier alpha value is -1.97. The van der Waals surface area contributed by atoms with E-state index in [4.69, 9.17) is 32.7 Å². The highest BCUT2D eigenvalue weighted by Gasteiger charge is 2.16. The van der Waals surface area contributed by atoms with Gasteiger partial charge in [-0.3, -0.25) is 0 Å². The second kappa shape index (κ2) is 7.07. The molecule has 0 saturated heterocycles. The van der Waals surface area contributed by atoms with Crippen molar-refractivity contribution >= 4 is 34.1 Å². The van der Waals surface area contributed by atoms with Crippen molar-refractivity contribution < 1.29 is 9.47 Å². The summed E-state index contributed by atoms with van der Waals surface area (Å²) in [5.41, 5.74) is 2.40. The van der Waals surface area contributed by atoms with E-state index in [0.29, 0.717) is 29.0 Å². The Kier molecular flexibility index (Phi) is 4.89. The van der Waals surface area contributed by atoms with Crippen molar-refractivity contribution in [2.45, 2.75) is 0 Å². The maximum atomic E-state index is 6.57. The van der Waals surface area contributed by atoms with Crippen molar-refractivity contribution in [3.05, 3.63) is 53.6 Å². The fourth-order valence-corrected chi connectivity index (χ4v) is 2.77. The van der Waals surface area contributed by atoms with E-state index in [1.165, 1.54) is 0 Å². The largest absolute Gasteiger partial charge is 0.497 e. The van der Waals surface area contributed by atoms with Gasteiger partial charge in [-0.2, -0.15) is 0 Å². The van der Waals surface area contributed by atoms with Crippen LogP contribution in [0.15, 0.2) is 48.5 Å². The summed E-state index contributed by atoms with van der Waals surface area (Å²) >= 11 is 12.3. The number of benzene rings is 2. The van der Waals surface area contributed by atoms with Crippen LogP contribution in [0.1, 0.15) is 0 Å². The molecule has 3 aromatic rings. The SMILES string of the molecule is COc1ccc(-c2nc3ccccc3c(OCCCl)c2Cl)cc1. The van der Waals surface area contributed by atoms with E-state index in [1.807, 2.05) is 48.5 Å². The molecule has 0 amide bonds. The first kappa shape index (κ1) is 15.9. The summed E-state index contributed by atoms with van der Waals surface area (Å²) in [7, 11) is 1.63. The standard InChI is InChI=1S/C18H15Cl2NO2/c1-22-13-8-6-12(7-9-13)17-16(20)18(23-11-10-19)14-4-2-3-5-15(14)21-17/h2-9H,10-11H2,1H3. The van der Waals surface area contributed by atoms with Gasteiger partial charge in [0.2, 0.25) is 0 Å². The number of pyridine rings is 1. The highest BCUT2D eigenvalue weighted by molar-refractivity contribution is 6.35. The maximum Gasteiger partial charge on any atom is 0.149 e. The molecule has 118 valence electrons. The minimum absolute atomic E-state index is 0.386. The fraction of sp³-hybridized carbons (Fsp3) is 0.167. The number of hydrogen-bond donors (Lipinski definition) is 0. The van der Waals surface area contributed by atoms with Crippen LogP contribution < -0.4 is 9.47 Å². The number of aromatic nitrogens is 1. The zero-order valence-electron chi connectivity index (χ0n) is 12.6. The van der Waals surface area contributed by atoms with Crippen molar-refractivity contribution in [3.8, 4) is 22.8 Å². The molecule has 3 nitrogen and oxygen atoms in total. The predicted octanol–water partition coefficient (Wildman–Crippen LogP) is 5.18. The molecule has 0 saturated carbocycles. The summed E-state index contributed by atoms with van der Waals surface area (Å²) in [5.74, 6) is 1.79. The number of alkyl halides is 1. The van der Waals surface area contributed by atoms with Crippen molar-refractivity contribution in [2.24, 2.45) is 0 Å². The van der Waals surface area contributed by atoms with E-state index in [0.717, 1.165) is 22.2 Å². The molecule has 0 bridgehead atoms. The number of nitrogens with zero attached hydrogens (tertiary/aromatic N) is 1. The predicted molar refractivity (Wildman–Crippen MR) is 95.0 cm³/mol. The average molecular weight is 348 g/mol. The van der Waals surface area contributed by atoms with Gasteiger partial charge in [-0.05, 0) is 36.4 Å². The lowest BCUT2D eigenvalue weighted by atomic mass is 10.1. The quantitative estimate of drug-likeness (QED) is 0.595. The molecule has 0 aliphatic heterocycles. The molecule has 0 aliphatic carbocycles. The van der Waals surface area contributed by atoms with E-state index in [1.54, 1.807) is 7.11 Å². The van der Waals surface area contributed by atoms with Gasteiger partial charge in [0.15, 0.2) is 0 Å². The lowest BCUT2D eigenvalue weighted by molar-refractivity contribution is 0.347. The third kappa shape index (κ3) is 3.21.